The maximum absolute atomic E-state index is 12.1. The van der Waals surface area contributed by atoms with Gasteiger partial charge in [0.1, 0.15) is 11.2 Å². The first kappa shape index (κ1) is 13.2. The molecule has 3 aromatic rings. The molecule has 2 heterocycles. The molecule has 0 radical (unpaired) electrons. The third-order valence-corrected chi connectivity index (χ3v) is 4.08. The monoisotopic (exact) mass is 296 g/mol. The number of amides is 2. The second kappa shape index (κ2) is 5.03. The van der Waals surface area contributed by atoms with Crippen LogP contribution >= 0.6 is 0 Å². The molecule has 0 saturated carbocycles. The summed E-state index contributed by atoms with van der Waals surface area (Å²) in [6.07, 6.45) is 0.222. The van der Waals surface area contributed by atoms with Gasteiger partial charge in [0.2, 0.25) is 0 Å². The lowest BCUT2D eigenvalue weighted by atomic mass is 10.1. The summed E-state index contributed by atoms with van der Waals surface area (Å²) >= 11 is 0. The Morgan fingerprint density at radius 3 is 2.82 bits per heavy atom. The summed E-state index contributed by atoms with van der Waals surface area (Å²) in [6.45, 7) is 0.971. The molecule has 2 amide bonds. The molecule has 1 aromatic heterocycles. The molecular weight excluding hydrogens is 280 g/mol. The lowest BCUT2D eigenvalue weighted by Gasteiger charge is -2.16. The highest BCUT2D eigenvalue weighted by Crippen LogP contribution is 2.30. The van der Waals surface area contributed by atoms with Crippen LogP contribution in [0.5, 0.6) is 0 Å². The average Bonchev–Trinajstić information content (AvgIpc) is 3.10. The fourth-order valence-electron chi connectivity index (χ4n) is 2.93. The van der Waals surface area contributed by atoms with Crippen LogP contribution in [0, 0.1) is 0 Å². The van der Waals surface area contributed by atoms with Gasteiger partial charge in [-0.2, -0.15) is 0 Å². The molecule has 5 heteroatoms. The van der Waals surface area contributed by atoms with E-state index in [1.165, 1.54) is 0 Å². The van der Waals surface area contributed by atoms with Gasteiger partial charge < -0.3 is 19.7 Å². The quantitative estimate of drug-likeness (QED) is 0.725. The lowest BCUT2D eigenvalue weighted by Crippen LogP contribution is -2.33. The van der Waals surface area contributed by atoms with Gasteiger partial charge in [-0.1, -0.05) is 18.2 Å². The first-order chi connectivity index (χ1) is 10.7. The summed E-state index contributed by atoms with van der Waals surface area (Å²) in [6, 6.07) is 13.3. The standard InChI is InChI=1S/C17H16N2O3/c20-12-7-8-19(10-12)17(21)18-11-5-6-14-13-3-1-2-4-15(13)22-16(14)9-11/h1-6,9,12,20H,7-8,10H2,(H,18,21). The highest BCUT2D eigenvalue weighted by molar-refractivity contribution is 6.06. The number of benzene rings is 2. The molecule has 2 aromatic carbocycles. The zero-order valence-corrected chi connectivity index (χ0v) is 12.0. The van der Waals surface area contributed by atoms with Gasteiger partial charge in [-0.05, 0) is 24.6 Å². The number of rotatable bonds is 1. The van der Waals surface area contributed by atoms with E-state index in [1.54, 1.807) is 4.90 Å². The Morgan fingerprint density at radius 2 is 2.00 bits per heavy atom. The largest absolute Gasteiger partial charge is 0.456 e. The van der Waals surface area contributed by atoms with Crippen LogP contribution in [0.3, 0.4) is 0 Å². The van der Waals surface area contributed by atoms with E-state index in [-0.39, 0.29) is 6.03 Å². The normalized spacial score (nSPS) is 18.2. The zero-order chi connectivity index (χ0) is 15.1. The third kappa shape index (κ3) is 2.19. The fourth-order valence-corrected chi connectivity index (χ4v) is 2.93. The van der Waals surface area contributed by atoms with Crippen molar-refractivity contribution in [3.63, 3.8) is 0 Å². The molecule has 1 aliphatic rings. The van der Waals surface area contributed by atoms with Crippen LogP contribution in [0.4, 0.5) is 10.5 Å². The molecule has 4 rings (SSSR count). The van der Waals surface area contributed by atoms with Crippen molar-refractivity contribution in [1.29, 1.82) is 0 Å². The molecule has 5 nitrogen and oxygen atoms in total. The minimum atomic E-state index is -0.413. The second-order valence-electron chi connectivity index (χ2n) is 5.63. The number of furan rings is 1. The molecule has 1 fully saturated rings. The third-order valence-electron chi connectivity index (χ3n) is 4.08. The second-order valence-corrected chi connectivity index (χ2v) is 5.63. The molecule has 1 unspecified atom stereocenters. The van der Waals surface area contributed by atoms with E-state index in [4.69, 9.17) is 4.42 Å². The summed E-state index contributed by atoms with van der Waals surface area (Å²) in [4.78, 5) is 13.8. The number of anilines is 1. The molecule has 112 valence electrons. The van der Waals surface area contributed by atoms with Crippen LogP contribution in [0.1, 0.15) is 6.42 Å². The summed E-state index contributed by atoms with van der Waals surface area (Å²) in [5.74, 6) is 0. The highest BCUT2D eigenvalue weighted by atomic mass is 16.3. The van der Waals surface area contributed by atoms with Gasteiger partial charge in [0.25, 0.3) is 0 Å². The fraction of sp³-hybridized carbons (Fsp3) is 0.235. The van der Waals surface area contributed by atoms with Crippen molar-refractivity contribution in [3.8, 4) is 0 Å². The van der Waals surface area contributed by atoms with Crippen LogP contribution in [0.25, 0.3) is 21.9 Å². The van der Waals surface area contributed by atoms with Crippen LogP contribution < -0.4 is 5.32 Å². The summed E-state index contributed by atoms with van der Waals surface area (Å²) in [7, 11) is 0. The highest BCUT2D eigenvalue weighted by Gasteiger charge is 2.24. The Hall–Kier alpha value is -2.53. The number of carbonyl (C=O) groups excluding carboxylic acids is 1. The van der Waals surface area contributed by atoms with Crippen LogP contribution in [0.2, 0.25) is 0 Å². The maximum Gasteiger partial charge on any atom is 0.321 e. The molecule has 1 saturated heterocycles. The molecular formula is C17H16N2O3. The maximum atomic E-state index is 12.1. The van der Waals surface area contributed by atoms with Gasteiger partial charge in [0.15, 0.2) is 0 Å². The SMILES string of the molecule is O=C(Nc1ccc2c(c1)oc1ccccc12)N1CCC(O)C1. The van der Waals surface area contributed by atoms with Gasteiger partial charge >= 0.3 is 6.03 Å². The predicted molar refractivity (Wildman–Crippen MR) is 84.9 cm³/mol. The average molecular weight is 296 g/mol. The van der Waals surface area contributed by atoms with Gasteiger partial charge in [0, 0.05) is 35.6 Å². The number of urea groups is 1. The Labute approximate surface area is 127 Å². The first-order valence-corrected chi connectivity index (χ1v) is 7.36. The molecule has 1 atom stereocenters. The number of nitrogens with zero attached hydrogens (tertiary/aromatic N) is 1. The number of aliphatic hydroxyl groups is 1. The van der Waals surface area contributed by atoms with Crippen LogP contribution in [-0.4, -0.2) is 35.2 Å². The number of hydrogen-bond donors (Lipinski definition) is 2. The Bertz CT molecular complexity index is 855. The summed E-state index contributed by atoms with van der Waals surface area (Å²) in [5.41, 5.74) is 2.28. The van der Waals surface area contributed by atoms with E-state index in [2.05, 4.69) is 5.32 Å². The number of carbonyl (C=O) groups is 1. The van der Waals surface area contributed by atoms with Gasteiger partial charge in [-0.25, -0.2) is 4.79 Å². The number of β-amino-alcohol motifs (C(OH)–C–C–N with tert-alkyl or cyclic N) is 1. The van der Waals surface area contributed by atoms with E-state index in [0.29, 0.717) is 25.2 Å². The molecule has 0 aliphatic carbocycles. The lowest BCUT2D eigenvalue weighted by molar-refractivity contribution is 0.176. The number of fused-ring (bicyclic) bond motifs is 3. The minimum absolute atomic E-state index is 0.188. The predicted octanol–water partition coefficient (Wildman–Crippen LogP) is 3.18. The number of likely N-dealkylation sites (tertiary alicyclic amines) is 1. The summed E-state index contributed by atoms with van der Waals surface area (Å²) < 4.78 is 5.81. The first-order valence-electron chi connectivity index (χ1n) is 7.36. The van der Waals surface area contributed by atoms with Gasteiger partial charge in [-0.3, -0.25) is 0 Å². The van der Waals surface area contributed by atoms with E-state index in [0.717, 1.165) is 21.9 Å². The Morgan fingerprint density at radius 1 is 1.18 bits per heavy atom. The summed E-state index contributed by atoms with van der Waals surface area (Å²) in [5, 5.41) is 14.5. The zero-order valence-electron chi connectivity index (χ0n) is 12.0. The molecule has 0 bridgehead atoms. The van der Waals surface area contributed by atoms with E-state index >= 15 is 0 Å². The smallest absolute Gasteiger partial charge is 0.321 e. The van der Waals surface area contributed by atoms with E-state index in [1.807, 2.05) is 42.5 Å². The van der Waals surface area contributed by atoms with Crippen LogP contribution in [-0.2, 0) is 0 Å². The van der Waals surface area contributed by atoms with Crippen molar-refractivity contribution in [3.05, 3.63) is 42.5 Å². The van der Waals surface area contributed by atoms with Crippen molar-refractivity contribution in [1.82, 2.24) is 4.90 Å². The molecule has 0 spiro atoms. The number of para-hydroxylation sites is 1. The number of hydrogen-bond acceptors (Lipinski definition) is 3. The van der Waals surface area contributed by atoms with Gasteiger partial charge in [0.05, 0.1) is 6.10 Å². The van der Waals surface area contributed by atoms with Crippen molar-refractivity contribution in [2.45, 2.75) is 12.5 Å². The number of aliphatic hydroxyl groups excluding tert-OH is 1. The van der Waals surface area contributed by atoms with E-state index in [9.17, 15) is 9.90 Å². The molecule has 22 heavy (non-hydrogen) atoms. The molecule has 2 N–H and O–H groups in total. The van der Waals surface area contributed by atoms with Crippen molar-refractivity contribution in [2.75, 3.05) is 18.4 Å². The van der Waals surface area contributed by atoms with E-state index < -0.39 is 6.10 Å². The molecule has 1 aliphatic heterocycles. The Kier molecular flexibility index (Phi) is 3.01. The van der Waals surface area contributed by atoms with Crippen molar-refractivity contribution in [2.24, 2.45) is 0 Å². The topological polar surface area (TPSA) is 65.7 Å². The minimum Gasteiger partial charge on any atom is -0.456 e. The van der Waals surface area contributed by atoms with Crippen molar-refractivity contribution < 1.29 is 14.3 Å². The van der Waals surface area contributed by atoms with Crippen molar-refractivity contribution >= 4 is 33.7 Å². The Balaban J connectivity index is 1.62. The van der Waals surface area contributed by atoms with Gasteiger partial charge in [-0.15, -0.1) is 0 Å². The van der Waals surface area contributed by atoms with Crippen LogP contribution in [0.15, 0.2) is 46.9 Å². The number of nitrogens with one attached hydrogen (secondary N) is 1.